The van der Waals surface area contributed by atoms with Gasteiger partial charge in [-0.1, -0.05) is 12.1 Å². The average Bonchev–Trinajstić information content (AvgIpc) is 2.82. The lowest BCUT2D eigenvalue weighted by atomic mass is 10.2. The fourth-order valence-corrected chi connectivity index (χ4v) is 1.98. The van der Waals surface area contributed by atoms with Crippen LogP contribution in [-0.2, 0) is 6.54 Å². The van der Waals surface area contributed by atoms with Crippen LogP contribution in [-0.4, -0.2) is 13.2 Å². The molecule has 0 amide bonds. The minimum Gasteiger partial charge on any atom is -0.490 e. The highest BCUT2D eigenvalue weighted by Gasteiger charge is 2.17. The molecule has 0 atom stereocenters. The predicted octanol–water partition coefficient (Wildman–Crippen LogP) is 2.68. The molecule has 3 nitrogen and oxygen atoms in total. The Hall–Kier alpha value is -1.90. The largest absolute Gasteiger partial charge is 0.490 e. The van der Waals surface area contributed by atoms with E-state index in [-0.39, 0.29) is 0 Å². The van der Waals surface area contributed by atoms with Gasteiger partial charge >= 0.3 is 0 Å². The van der Waals surface area contributed by atoms with Gasteiger partial charge < -0.3 is 14.1 Å². The third-order valence-electron chi connectivity index (χ3n) is 2.75. The zero-order valence-corrected chi connectivity index (χ0v) is 8.93. The molecule has 2 heterocycles. The summed E-state index contributed by atoms with van der Waals surface area (Å²) in [6.07, 6.45) is 1.71. The zero-order valence-electron chi connectivity index (χ0n) is 8.93. The second-order valence-corrected chi connectivity index (χ2v) is 3.82. The summed E-state index contributed by atoms with van der Waals surface area (Å²) < 4.78 is 11.0. The van der Waals surface area contributed by atoms with Crippen LogP contribution in [0, 0.1) is 0 Å². The number of fused-ring (bicyclic) bond motifs is 1. The van der Waals surface area contributed by atoms with Crippen LogP contribution in [0.15, 0.2) is 47.1 Å². The number of hydrogen-bond acceptors (Lipinski definition) is 3. The minimum absolute atomic E-state index is 0.734. The Balaban J connectivity index is 1.87. The molecule has 0 aliphatic carbocycles. The third-order valence-corrected chi connectivity index (χ3v) is 2.75. The number of rotatable bonds is 2. The Morgan fingerprint density at radius 1 is 1.12 bits per heavy atom. The van der Waals surface area contributed by atoms with Crippen LogP contribution in [0.1, 0.15) is 5.76 Å². The van der Waals surface area contributed by atoms with Gasteiger partial charge in [-0.25, -0.2) is 0 Å². The highest BCUT2D eigenvalue weighted by atomic mass is 16.5. The van der Waals surface area contributed by atoms with Crippen molar-refractivity contribution in [1.82, 2.24) is 0 Å². The summed E-state index contributed by atoms with van der Waals surface area (Å²) in [5.41, 5.74) is 1.14. The Bertz CT molecular complexity index is 465. The standard InChI is InChI=1S/C13H13NO2/c1-2-6-13-12(5-1)14(7-9-16-13)10-11-4-3-8-15-11/h1-6,8H,7,9-10H2. The maximum absolute atomic E-state index is 5.60. The van der Waals surface area contributed by atoms with E-state index in [9.17, 15) is 0 Å². The van der Waals surface area contributed by atoms with Crippen LogP contribution in [0.2, 0.25) is 0 Å². The molecule has 0 bridgehead atoms. The molecule has 16 heavy (non-hydrogen) atoms. The SMILES string of the molecule is c1coc(CN2CCOc3ccccc32)c1. The van der Waals surface area contributed by atoms with Crippen LogP contribution in [0.25, 0.3) is 0 Å². The number of hydrogen-bond donors (Lipinski definition) is 0. The Morgan fingerprint density at radius 3 is 2.94 bits per heavy atom. The van der Waals surface area contributed by atoms with E-state index in [1.807, 2.05) is 30.3 Å². The van der Waals surface area contributed by atoms with Gasteiger partial charge in [-0.2, -0.15) is 0 Å². The van der Waals surface area contributed by atoms with Gasteiger partial charge in [-0.15, -0.1) is 0 Å². The lowest BCUT2D eigenvalue weighted by Crippen LogP contribution is -2.31. The quantitative estimate of drug-likeness (QED) is 0.770. The molecule has 82 valence electrons. The van der Waals surface area contributed by atoms with Gasteiger partial charge in [0.2, 0.25) is 0 Å². The molecule has 0 spiro atoms. The number of benzene rings is 1. The number of furan rings is 1. The van der Waals surface area contributed by atoms with Crippen molar-refractivity contribution in [3.8, 4) is 5.75 Å². The maximum Gasteiger partial charge on any atom is 0.142 e. The van der Waals surface area contributed by atoms with Crippen molar-refractivity contribution in [2.24, 2.45) is 0 Å². The molecule has 0 saturated carbocycles. The van der Waals surface area contributed by atoms with Gasteiger partial charge in [0.05, 0.1) is 25.0 Å². The highest BCUT2D eigenvalue weighted by Crippen LogP contribution is 2.31. The molecule has 1 aromatic heterocycles. The highest BCUT2D eigenvalue weighted by molar-refractivity contribution is 5.59. The van der Waals surface area contributed by atoms with E-state index in [4.69, 9.17) is 9.15 Å². The first kappa shape index (κ1) is 9.33. The van der Waals surface area contributed by atoms with Gasteiger partial charge in [-0.3, -0.25) is 0 Å². The van der Waals surface area contributed by atoms with Gasteiger partial charge in [0.15, 0.2) is 0 Å². The normalized spacial score (nSPS) is 14.4. The smallest absolute Gasteiger partial charge is 0.142 e. The van der Waals surface area contributed by atoms with Crippen LogP contribution >= 0.6 is 0 Å². The fourth-order valence-electron chi connectivity index (χ4n) is 1.98. The first-order chi connectivity index (χ1) is 7.93. The molecular formula is C13H13NO2. The molecule has 3 heteroatoms. The van der Waals surface area contributed by atoms with E-state index in [2.05, 4.69) is 11.0 Å². The summed E-state index contributed by atoms with van der Waals surface area (Å²) >= 11 is 0. The number of para-hydroxylation sites is 2. The summed E-state index contributed by atoms with van der Waals surface area (Å²) in [7, 11) is 0. The van der Waals surface area contributed by atoms with Crippen molar-refractivity contribution in [2.75, 3.05) is 18.1 Å². The fraction of sp³-hybridized carbons (Fsp3) is 0.231. The van der Waals surface area contributed by atoms with Crippen LogP contribution in [0.4, 0.5) is 5.69 Å². The maximum atomic E-state index is 5.60. The van der Waals surface area contributed by atoms with E-state index >= 15 is 0 Å². The van der Waals surface area contributed by atoms with Gasteiger partial charge in [0, 0.05) is 0 Å². The monoisotopic (exact) mass is 215 g/mol. The first-order valence-corrected chi connectivity index (χ1v) is 5.42. The van der Waals surface area contributed by atoms with Crippen LogP contribution in [0.3, 0.4) is 0 Å². The van der Waals surface area contributed by atoms with E-state index in [1.54, 1.807) is 6.26 Å². The van der Waals surface area contributed by atoms with Crippen molar-refractivity contribution in [3.63, 3.8) is 0 Å². The van der Waals surface area contributed by atoms with Crippen molar-refractivity contribution in [1.29, 1.82) is 0 Å². The van der Waals surface area contributed by atoms with E-state index < -0.39 is 0 Å². The summed E-state index contributed by atoms with van der Waals surface area (Å²) in [6, 6.07) is 12.0. The van der Waals surface area contributed by atoms with Gasteiger partial charge in [0.1, 0.15) is 18.1 Å². The molecule has 1 aromatic carbocycles. The Morgan fingerprint density at radius 2 is 2.06 bits per heavy atom. The van der Waals surface area contributed by atoms with Crippen molar-refractivity contribution < 1.29 is 9.15 Å². The second-order valence-electron chi connectivity index (χ2n) is 3.82. The third kappa shape index (κ3) is 1.65. The van der Waals surface area contributed by atoms with Gasteiger partial charge in [-0.05, 0) is 24.3 Å². The summed E-state index contributed by atoms with van der Waals surface area (Å²) in [4.78, 5) is 2.28. The summed E-state index contributed by atoms with van der Waals surface area (Å²) in [5, 5.41) is 0. The minimum atomic E-state index is 0.734. The Labute approximate surface area is 94.2 Å². The second kappa shape index (κ2) is 3.93. The van der Waals surface area contributed by atoms with Crippen molar-refractivity contribution in [3.05, 3.63) is 48.4 Å². The molecule has 3 rings (SSSR count). The van der Waals surface area contributed by atoms with Gasteiger partial charge in [0.25, 0.3) is 0 Å². The Kier molecular flexibility index (Phi) is 2.29. The van der Waals surface area contributed by atoms with Crippen LogP contribution in [0.5, 0.6) is 5.75 Å². The molecule has 0 saturated heterocycles. The topological polar surface area (TPSA) is 25.6 Å². The summed E-state index contributed by atoms with van der Waals surface area (Å²) in [6.45, 7) is 2.43. The zero-order chi connectivity index (χ0) is 10.8. The molecule has 2 aromatic rings. The molecule has 0 N–H and O–H groups in total. The van der Waals surface area contributed by atoms with E-state index in [0.717, 1.165) is 36.9 Å². The molecule has 1 aliphatic heterocycles. The molecule has 0 radical (unpaired) electrons. The lowest BCUT2D eigenvalue weighted by molar-refractivity contribution is 0.304. The summed E-state index contributed by atoms with van der Waals surface area (Å²) in [5.74, 6) is 1.94. The number of ether oxygens (including phenoxy) is 1. The first-order valence-electron chi connectivity index (χ1n) is 5.42. The molecule has 1 aliphatic rings. The average molecular weight is 215 g/mol. The van der Waals surface area contributed by atoms with E-state index in [0.29, 0.717) is 0 Å². The number of nitrogens with zero attached hydrogens (tertiary/aromatic N) is 1. The van der Waals surface area contributed by atoms with Crippen molar-refractivity contribution >= 4 is 5.69 Å². The molecule has 0 fully saturated rings. The molecule has 0 unspecified atom stereocenters. The predicted molar refractivity (Wildman–Crippen MR) is 61.7 cm³/mol. The lowest BCUT2D eigenvalue weighted by Gasteiger charge is -2.30. The van der Waals surface area contributed by atoms with Crippen LogP contribution < -0.4 is 9.64 Å². The van der Waals surface area contributed by atoms with E-state index in [1.165, 1.54) is 0 Å². The molecular weight excluding hydrogens is 202 g/mol. The van der Waals surface area contributed by atoms with Crippen molar-refractivity contribution in [2.45, 2.75) is 6.54 Å². The number of anilines is 1.